The fraction of sp³-hybridized carbons (Fsp3) is 0.588. The first-order valence-corrected chi connectivity index (χ1v) is 10.1. The molecule has 1 aromatic carbocycles. The van der Waals surface area contributed by atoms with Gasteiger partial charge in [-0.3, -0.25) is 4.79 Å². The lowest BCUT2D eigenvalue weighted by molar-refractivity contribution is -0.116. The largest absolute Gasteiger partial charge is 0.316 e. The van der Waals surface area contributed by atoms with Gasteiger partial charge in [0.25, 0.3) is 0 Å². The molecule has 0 bridgehead atoms. The van der Waals surface area contributed by atoms with Crippen LogP contribution < -0.4 is 14.9 Å². The lowest BCUT2D eigenvalue weighted by atomic mass is 9.96. The van der Waals surface area contributed by atoms with Gasteiger partial charge in [0.15, 0.2) is 0 Å². The predicted molar refractivity (Wildman–Crippen MR) is 93.6 cm³/mol. The highest BCUT2D eigenvalue weighted by atomic mass is 32.2. The molecule has 1 fully saturated rings. The maximum Gasteiger partial charge on any atom is 0.240 e. The number of piperidine rings is 1. The van der Waals surface area contributed by atoms with Crippen molar-refractivity contribution < 1.29 is 13.2 Å². The standard InChI is InChI=1S/C17H25N3O3S/c1-13(21)20-10-7-15-4-5-16(11-17(15)20)24(22,23)19-9-6-14-3-2-8-18-12-14/h4-5,11,14,18-19H,2-3,6-10,12H2,1H3. The summed E-state index contributed by atoms with van der Waals surface area (Å²) < 4.78 is 27.7. The van der Waals surface area contributed by atoms with E-state index in [1.165, 1.54) is 6.92 Å². The third-order valence-corrected chi connectivity index (χ3v) is 6.35. The van der Waals surface area contributed by atoms with Gasteiger partial charge in [-0.2, -0.15) is 0 Å². The van der Waals surface area contributed by atoms with E-state index >= 15 is 0 Å². The lowest BCUT2D eigenvalue weighted by Gasteiger charge is -2.22. The fourth-order valence-corrected chi connectivity index (χ4v) is 4.57. The van der Waals surface area contributed by atoms with Gasteiger partial charge in [-0.1, -0.05) is 6.07 Å². The number of carbonyl (C=O) groups is 1. The molecule has 132 valence electrons. The van der Waals surface area contributed by atoms with Gasteiger partial charge in [-0.05, 0) is 62.4 Å². The molecule has 2 heterocycles. The van der Waals surface area contributed by atoms with Crippen molar-refractivity contribution >= 4 is 21.6 Å². The lowest BCUT2D eigenvalue weighted by Crippen LogP contribution is -2.33. The van der Waals surface area contributed by atoms with Crippen molar-refractivity contribution in [3.05, 3.63) is 23.8 Å². The normalized spacial score (nSPS) is 20.9. The number of carbonyl (C=O) groups excluding carboxylic acids is 1. The van der Waals surface area contributed by atoms with Crippen molar-refractivity contribution in [2.24, 2.45) is 5.92 Å². The first-order valence-electron chi connectivity index (χ1n) is 8.59. The van der Waals surface area contributed by atoms with Crippen LogP contribution in [0.3, 0.4) is 0 Å². The predicted octanol–water partition coefficient (Wildman–Crippen LogP) is 1.26. The summed E-state index contributed by atoms with van der Waals surface area (Å²) in [6.07, 6.45) is 3.93. The second-order valence-electron chi connectivity index (χ2n) is 6.61. The summed E-state index contributed by atoms with van der Waals surface area (Å²) in [7, 11) is -3.54. The summed E-state index contributed by atoms with van der Waals surface area (Å²) in [5, 5.41) is 3.34. The molecular weight excluding hydrogens is 326 g/mol. The maximum atomic E-state index is 12.5. The van der Waals surface area contributed by atoms with Crippen LogP contribution in [-0.4, -0.2) is 40.5 Å². The molecule has 7 heteroatoms. The number of amides is 1. The van der Waals surface area contributed by atoms with Crippen molar-refractivity contribution in [2.75, 3.05) is 31.1 Å². The summed E-state index contributed by atoms with van der Waals surface area (Å²) >= 11 is 0. The highest BCUT2D eigenvalue weighted by molar-refractivity contribution is 7.89. The molecule has 0 saturated carbocycles. The number of sulfonamides is 1. The molecular formula is C17H25N3O3S. The van der Waals surface area contributed by atoms with E-state index in [0.717, 1.165) is 50.0 Å². The molecule has 6 nitrogen and oxygen atoms in total. The van der Waals surface area contributed by atoms with E-state index in [4.69, 9.17) is 0 Å². The van der Waals surface area contributed by atoms with Crippen LogP contribution in [0.1, 0.15) is 31.7 Å². The third kappa shape index (κ3) is 3.79. The summed E-state index contributed by atoms with van der Waals surface area (Å²) in [6, 6.07) is 5.07. The van der Waals surface area contributed by atoms with E-state index in [9.17, 15) is 13.2 Å². The smallest absolute Gasteiger partial charge is 0.240 e. The Bertz CT molecular complexity index is 712. The number of anilines is 1. The monoisotopic (exact) mass is 351 g/mol. The van der Waals surface area contributed by atoms with E-state index in [2.05, 4.69) is 10.0 Å². The maximum absolute atomic E-state index is 12.5. The Balaban J connectivity index is 1.66. The van der Waals surface area contributed by atoms with Crippen LogP contribution in [0, 0.1) is 5.92 Å². The van der Waals surface area contributed by atoms with Gasteiger partial charge in [-0.25, -0.2) is 13.1 Å². The van der Waals surface area contributed by atoms with Crippen molar-refractivity contribution in [3.63, 3.8) is 0 Å². The van der Waals surface area contributed by atoms with Crippen molar-refractivity contribution in [1.82, 2.24) is 10.0 Å². The Labute approximate surface area is 143 Å². The zero-order valence-electron chi connectivity index (χ0n) is 14.0. The van der Waals surface area contributed by atoms with Gasteiger partial charge < -0.3 is 10.2 Å². The van der Waals surface area contributed by atoms with Gasteiger partial charge in [-0.15, -0.1) is 0 Å². The van der Waals surface area contributed by atoms with E-state index in [1.54, 1.807) is 17.0 Å². The van der Waals surface area contributed by atoms with Crippen LogP contribution in [0.5, 0.6) is 0 Å². The van der Waals surface area contributed by atoms with Gasteiger partial charge >= 0.3 is 0 Å². The summed E-state index contributed by atoms with van der Waals surface area (Å²) in [6.45, 7) is 4.60. The topological polar surface area (TPSA) is 78.5 Å². The van der Waals surface area contributed by atoms with Crippen LogP contribution >= 0.6 is 0 Å². The highest BCUT2D eigenvalue weighted by Gasteiger charge is 2.25. The molecule has 1 unspecified atom stereocenters. The molecule has 3 rings (SSSR count). The van der Waals surface area contributed by atoms with E-state index in [0.29, 0.717) is 19.0 Å². The number of nitrogens with one attached hydrogen (secondary N) is 2. The van der Waals surface area contributed by atoms with Gasteiger partial charge in [0.2, 0.25) is 15.9 Å². The van der Waals surface area contributed by atoms with Crippen LogP contribution in [0.25, 0.3) is 0 Å². The minimum absolute atomic E-state index is 0.0546. The minimum Gasteiger partial charge on any atom is -0.316 e. The second-order valence-corrected chi connectivity index (χ2v) is 8.38. The third-order valence-electron chi connectivity index (χ3n) is 4.89. The SMILES string of the molecule is CC(=O)N1CCc2ccc(S(=O)(=O)NCCC3CCCNC3)cc21. The summed E-state index contributed by atoms with van der Waals surface area (Å²) in [4.78, 5) is 13.5. The number of fused-ring (bicyclic) bond motifs is 1. The average Bonchev–Trinajstić information content (AvgIpc) is 2.99. The van der Waals surface area contributed by atoms with E-state index in [-0.39, 0.29) is 10.8 Å². The van der Waals surface area contributed by atoms with E-state index in [1.807, 2.05) is 6.07 Å². The zero-order chi connectivity index (χ0) is 17.2. The first-order chi connectivity index (χ1) is 11.5. The number of hydrogen-bond donors (Lipinski definition) is 2. The molecule has 24 heavy (non-hydrogen) atoms. The van der Waals surface area contributed by atoms with Gasteiger partial charge in [0.05, 0.1) is 4.90 Å². The molecule has 0 spiro atoms. The molecule has 0 aliphatic carbocycles. The van der Waals surface area contributed by atoms with Crippen LogP contribution in [0.2, 0.25) is 0 Å². The molecule has 0 aromatic heterocycles. The molecule has 2 aliphatic rings. The summed E-state index contributed by atoms with van der Waals surface area (Å²) in [5.41, 5.74) is 1.75. The number of hydrogen-bond acceptors (Lipinski definition) is 4. The molecule has 0 radical (unpaired) electrons. The van der Waals surface area contributed by atoms with Crippen molar-refractivity contribution in [2.45, 2.75) is 37.5 Å². The minimum atomic E-state index is -3.54. The Morgan fingerprint density at radius 3 is 2.96 bits per heavy atom. The van der Waals surface area contributed by atoms with E-state index < -0.39 is 10.0 Å². The first kappa shape index (κ1) is 17.4. The Morgan fingerprint density at radius 2 is 2.25 bits per heavy atom. The Hall–Kier alpha value is -1.44. The van der Waals surface area contributed by atoms with Gasteiger partial charge in [0, 0.05) is 25.7 Å². The molecule has 1 atom stereocenters. The fourth-order valence-electron chi connectivity index (χ4n) is 3.50. The van der Waals surface area contributed by atoms with Crippen LogP contribution in [0.4, 0.5) is 5.69 Å². The molecule has 2 N–H and O–H groups in total. The summed E-state index contributed by atoms with van der Waals surface area (Å²) in [5.74, 6) is 0.482. The van der Waals surface area contributed by atoms with Gasteiger partial charge in [0.1, 0.15) is 0 Å². The average molecular weight is 351 g/mol. The van der Waals surface area contributed by atoms with Crippen molar-refractivity contribution in [1.29, 1.82) is 0 Å². The zero-order valence-corrected chi connectivity index (χ0v) is 14.9. The van der Waals surface area contributed by atoms with Crippen LogP contribution in [-0.2, 0) is 21.2 Å². The second kappa shape index (κ2) is 7.21. The number of rotatable bonds is 5. The highest BCUT2D eigenvalue weighted by Crippen LogP contribution is 2.30. The Morgan fingerprint density at radius 1 is 1.42 bits per heavy atom. The molecule has 1 amide bonds. The number of nitrogens with zero attached hydrogens (tertiary/aromatic N) is 1. The molecule has 2 aliphatic heterocycles. The number of benzene rings is 1. The van der Waals surface area contributed by atoms with Crippen molar-refractivity contribution in [3.8, 4) is 0 Å². The molecule has 1 saturated heterocycles. The van der Waals surface area contributed by atoms with Crippen LogP contribution in [0.15, 0.2) is 23.1 Å². The Kier molecular flexibility index (Phi) is 5.22. The quantitative estimate of drug-likeness (QED) is 0.837. The molecule has 1 aromatic rings.